The summed E-state index contributed by atoms with van der Waals surface area (Å²) in [4.78, 5) is 37.1. The van der Waals surface area contributed by atoms with E-state index >= 15 is 0 Å². The number of rotatable bonds is 4. The van der Waals surface area contributed by atoms with Gasteiger partial charge in [0, 0.05) is 6.04 Å². The molecule has 0 spiro atoms. The van der Waals surface area contributed by atoms with Crippen molar-refractivity contribution in [1.82, 2.24) is 15.5 Å². The van der Waals surface area contributed by atoms with E-state index in [-0.39, 0.29) is 42.9 Å². The molecule has 2 rings (SSSR count). The third-order valence-electron chi connectivity index (χ3n) is 4.30. The van der Waals surface area contributed by atoms with Gasteiger partial charge in [-0.25, -0.2) is 0 Å². The minimum absolute atomic E-state index is 0.126. The Morgan fingerprint density at radius 3 is 2.52 bits per heavy atom. The van der Waals surface area contributed by atoms with Crippen LogP contribution in [0.2, 0.25) is 0 Å². The van der Waals surface area contributed by atoms with Crippen LogP contribution in [0.5, 0.6) is 0 Å². The Hall–Kier alpha value is -1.43. The molecule has 6 heteroatoms. The fraction of sp³-hybridized carbons (Fsp3) is 0.800. The van der Waals surface area contributed by atoms with Gasteiger partial charge in [-0.1, -0.05) is 32.6 Å². The van der Waals surface area contributed by atoms with Crippen LogP contribution in [-0.4, -0.2) is 47.8 Å². The van der Waals surface area contributed by atoms with E-state index in [4.69, 9.17) is 0 Å². The molecule has 1 atom stereocenters. The van der Waals surface area contributed by atoms with Crippen LogP contribution in [0.4, 0.5) is 0 Å². The topological polar surface area (TPSA) is 78.5 Å². The first-order valence-corrected chi connectivity index (χ1v) is 7.98. The van der Waals surface area contributed by atoms with Gasteiger partial charge >= 0.3 is 0 Å². The summed E-state index contributed by atoms with van der Waals surface area (Å²) in [5, 5.41) is 5.86. The summed E-state index contributed by atoms with van der Waals surface area (Å²) in [6.07, 6.45) is 7.31. The molecule has 1 aliphatic heterocycles. The molecule has 1 saturated carbocycles. The number of piperazine rings is 1. The van der Waals surface area contributed by atoms with Crippen molar-refractivity contribution in [3.8, 4) is 0 Å². The minimum Gasteiger partial charge on any atom is -0.352 e. The lowest BCUT2D eigenvalue weighted by atomic mass is 10.1. The Bertz CT molecular complexity index is 403. The standard InChI is InChI=1S/C15H25N3O3/c1-2-12-15(21)18(14(20)9-16-12)10-13(19)17-11-7-5-3-4-6-8-11/h11-12,16H,2-10H2,1H3,(H,17,19). The normalized spacial score (nSPS) is 24.8. The number of nitrogens with zero attached hydrogens (tertiary/aromatic N) is 1. The molecule has 1 unspecified atom stereocenters. The van der Waals surface area contributed by atoms with Crippen molar-refractivity contribution in [2.75, 3.05) is 13.1 Å². The van der Waals surface area contributed by atoms with Crippen molar-refractivity contribution in [3.63, 3.8) is 0 Å². The zero-order chi connectivity index (χ0) is 15.2. The van der Waals surface area contributed by atoms with Crippen LogP contribution in [0.25, 0.3) is 0 Å². The molecule has 21 heavy (non-hydrogen) atoms. The van der Waals surface area contributed by atoms with E-state index in [1.807, 2.05) is 6.92 Å². The summed E-state index contributed by atoms with van der Waals surface area (Å²) < 4.78 is 0. The van der Waals surface area contributed by atoms with E-state index in [0.29, 0.717) is 6.42 Å². The van der Waals surface area contributed by atoms with Crippen molar-refractivity contribution in [2.45, 2.75) is 64.0 Å². The molecule has 1 aliphatic carbocycles. The van der Waals surface area contributed by atoms with Crippen LogP contribution in [0.15, 0.2) is 0 Å². The second-order valence-electron chi connectivity index (χ2n) is 5.92. The molecule has 0 aromatic rings. The Balaban J connectivity index is 1.88. The first-order valence-electron chi connectivity index (χ1n) is 7.98. The predicted octanol–water partition coefficient (Wildman–Crippen LogP) is 0.562. The predicted molar refractivity (Wildman–Crippen MR) is 78.4 cm³/mol. The first kappa shape index (κ1) is 15.9. The van der Waals surface area contributed by atoms with Gasteiger partial charge in [0.2, 0.25) is 17.7 Å². The molecular formula is C15H25N3O3. The number of hydrogen-bond acceptors (Lipinski definition) is 4. The van der Waals surface area contributed by atoms with Crippen molar-refractivity contribution in [1.29, 1.82) is 0 Å². The summed E-state index contributed by atoms with van der Waals surface area (Å²) >= 11 is 0. The summed E-state index contributed by atoms with van der Waals surface area (Å²) in [5.41, 5.74) is 0. The third-order valence-corrected chi connectivity index (χ3v) is 4.30. The Morgan fingerprint density at radius 1 is 1.24 bits per heavy atom. The maximum Gasteiger partial charge on any atom is 0.246 e. The first-order chi connectivity index (χ1) is 10.1. The highest BCUT2D eigenvalue weighted by molar-refractivity contribution is 6.03. The van der Waals surface area contributed by atoms with Gasteiger partial charge in [-0.3, -0.25) is 24.6 Å². The average Bonchev–Trinajstić information content (AvgIpc) is 2.72. The summed E-state index contributed by atoms with van der Waals surface area (Å²) in [6.45, 7) is 1.86. The van der Waals surface area contributed by atoms with Crippen LogP contribution in [0.3, 0.4) is 0 Å². The fourth-order valence-corrected chi connectivity index (χ4v) is 3.03. The van der Waals surface area contributed by atoms with Gasteiger partial charge in [0.15, 0.2) is 0 Å². The van der Waals surface area contributed by atoms with Crippen LogP contribution < -0.4 is 10.6 Å². The highest BCUT2D eigenvalue weighted by Gasteiger charge is 2.34. The SMILES string of the molecule is CCC1NCC(=O)N(CC(=O)NC2CCCCCC2)C1=O. The Labute approximate surface area is 125 Å². The van der Waals surface area contributed by atoms with Gasteiger partial charge in [-0.2, -0.15) is 0 Å². The summed E-state index contributed by atoms with van der Waals surface area (Å²) in [5.74, 6) is -0.828. The van der Waals surface area contributed by atoms with Crippen molar-refractivity contribution < 1.29 is 14.4 Å². The Kier molecular flexibility index (Phi) is 5.73. The van der Waals surface area contributed by atoms with E-state index in [1.54, 1.807) is 0 Å². The number of carbonyl (C=O) groups excluding carboxylic acids is 3. The molecule has 2 fully saturated rings. The van der Waals surface area contributed by atoms with Crippen LogP contribution in [0, 0.1) is 0 Å². The maximum atomic E-state index is 12.1. The molecule has 6 nitrogen and oxygen atoms in total. The minimum atomic E-state index is -0.353. The largest absolute Gasteiger partial charge is 0.352 e. The van der Waals surface area contributed by atoms with E-state index < -0.39 is 0 Å². The van der Waals surface area contributed by atoms with Crippen molar-refractivity contribution >= 4 is 17.7 Å². The molecule has 2 N–H and O–H groups in total. The lowest BCUT2D eigenvalue weighted by Gasteiger charge is -2.31. The van der Waals surface area contributed by atoms with Gasteiger partial charge < -0.3 is 5.32 Å². The average molecular weight is 295 g/mol. The zero-order valence-electron chi connectivity index (χ0n) is 12.7. The number of imide groups is 1. The van der Waals surface area contributed by atoms with Crippen LogP contribution in [0.1, 0.15) is 51.9 Å². The van der Waals surface area contributed by atoms with Crippen molar-refractivity contribution in [2.24, 2.45) is 0 Å². The molecule has 0 bridgehead atoms. The number of nitrogens with one attached hydrogen (secondary N) is 2. The number of carbonyl (C=O) groups is 3. The van der Waals surface area contributed by atoms with Gasteiger partial charge in [0.05, 0.1) is 12.6 Å². The number of hydrogen-bond donors (Lipinski definition) is 2. The lowest BCUT2D eigenvalue weighted by Crippen LogP contribution is -2.60. The van der Waals surface area contributed by atoms with Gasteiger partial charge in [-0.05, 0) is 19.3 Å². The quantitative estimate of drug-likeness (QED) is 0.587. The van der Waals surface area contributed by atoms with Crippen LogP contribution >= 0.6 is 0 Å². The fourth-order valence-electron chi connectivity index (χ4n) is 3.03. The second-order valence-corrected chi connectivity index (χ2v) is 5.92. The monoisotopic (exact) mass is 295 g/mol. The van der Waals surface area contributed by atoms with Crippen LogP contribution in [-0.2, 0) is 14.4 Å². The highest BCUT2D eigenvalue weighted by atomic mass is 16.2. The summed E-state index contributed by atoms with van der Waals surface area (Å²) in [6, 6.07) is -0.163. The van der Waals surface area contributed by atoms with E-state index in [0.717, 1.165) is 30.6 Å². The van der Waals surface area contributed by atoms with E-state index in [2.05, 4.69) is 10.6 Å². The molecule has 118 valence electrons. The van der Waals surface area contributed by atoms with Gasteiger partial charge in [0.25, 0.3) is 0 Å². The zero-order valence-corrected chi connectivity index (χ0v) is 12.7. The molecule has 1 saturated heterocycles. The third kappa shape index (κ3) is 4.27. The van der Waals surface area contributed by atoms with E-state index in [1.165, 1.54) is 12.8 Å². The molecule has 0 aromatic carbocycles. The molecule has 2 aliphatic rings. The maximum absolute atomic E-state index is 12.1. The van der Waals surface area contributed by atoms with Crippen molar-refractivity contribution in [3.05, 3.63) is 0 Å². The molecule has 0 aromatic heterocycles. The molecule has 1 heterocycles. The number of amides is 3. The lowest BCUT2D eigenvalue weighted by molar-refractivity contribution is -0.152. The second kappa shape index (κ2) is 7.54. The smallest absolute Gasteiger partial charge is 0.246 e. The summed E-state index contributed by atoms with van der Waals surface area (Å²) in [7, 11) is 0. The molecule has 3 amide bonds. The Morgan fingerprint density at radius 2 is 1.90 bits per heavy atom. The molecular weight excluding hydrogens is 270 g/mol. The van der Waals surface area contributed by atoms with Gasteiger partial charge in [-0.15, -0.1) is 0 Å². The molecule has 0 radical (unpaired) electrons. The van der Waals surface area contributed by atoms with Gasteiger partial charge in [0.1, 0.15) is 6.54 Å². The highest BCUT2D eigenvalue weighted by Crippen LogP contribution is 2.17. The van der Waals surface area contributed by atoms with E-state index in [9.17, 15) is 14.4 Å².